The number of aromatic nitrogens is 2. The molecule has 0 unspecified atom stereocenters. The Balaban J connectivity index is 2.56. The van der Waals surface area contributed by atoms with E-state index in [9.17, 15) is 4.79 Å². The second kappa shape index (κ2) is 6.43. The molecule has 1 heterocycles. The first-order valence-electron chi connectivity index (χ1n) is 5.38. The number of rotatable bonds is 5. The molecule has 0 radical (unpaired) electrons. The second-order valence-electron chi connectivity index (χ2n) is 3.66. The number of nitrogens with zero attached hydrogens (tertiary/aromatic N) is 3. The molecule has 0 saturated carbocycles. The van der Waals surface area contributed by atoms with Crippen molar-refractivity contribution in [3.63, 3.8) is 0 Å². The first-order valence-corrected chi connectivity index (χ1v) is 5.76. The van der Waals surface area contributed by atoms with Gasteiger partial charge in [0.1, 0.15) is 10.8 Å². The highest BCUT2D eigenvalue weighted by Gasteiger charge is 2.13. The highest BCUT2D eigenvalue weighted by molar-refractivity contribution is 6.29. The van der Waals surface area contributed by atoms with Crippen LogP contribution in [0.5, 0.6) is 0 Å². The molecule has 0 aliphatic heterocycles. The van der Waals surface area contributed by atoms with Crippen molar-refractivity contribution in [2.45, 2.75) is 26.2 Å². The monoisotopic (exact) mass is 241 g/mol. The molecule has 4 nitrogen and oxygen atoms in total. The second-order valence-corrected chi connectivity index (χ2v) is 4.05. The van der Waals surface area contributed by atoms with Crippen molar-refractivity contribution in [3.05, 3.63) is 23.2 Å². The number of amides is 1. The maximum absolute atomic E-state index is 11.9. The van der Waals surface area contributed by atoms with Crippen LogP contribution in [0.3, 0.4) is 0 Å². The van der Waals surface area contributed by atoms with Gasteiger partial charge < -0.3 is 4.90 Å². The zero-order valence-corrected chi connectivity index (χ0v) is 10.4. The van der Waals surface area contributed by atoms with E-state index >= 15 is 0 Å². The summed E-state index contributed by atoms with van der Waals surface area (Å²) in [6, 6.07) is 0. The van der Waals surface area contributed by atoms with Crippen LogP contribution in [0.15, 0.2) is 12.4 Å². The predicted molar refractivity (Wildman–Crippen MR) is 63.5 cm³/mol. The lowest BCUT2D eigenvalue weighted by Crippen LogP contribution is -2.28. The Labute approximate surface area is 101 Å². The number of unbranched alkanes of at least 4 members (excludes halogenated alkanes) is 2. The number of halogens is 1. The third kappa shape index (κ3) is 3.77. The summed E-state index contributed by atoms with van der Waals surface area (Å²) in [4.78, 5) is 21.3. The molecule has 0 saturated heterocycles. The van der Waals surface area contributed by atoms with E-state index in [2.05, 4.69) is 16.9 Å². The molecular weight excluding hydrogens is 226 g/mol. The van der Waals surface area contributed by atoms with Gasteiger partial charge in [0.15, 0.2) is 0 Å². The van der Waals surface area contributed by atoms with Crippen LogP contribution < -0.4 is 0 Å². The van der Waals surface area contributed by atoms with Gasteiger partial charge >= 0.3 is 0 Å². The van der Waals surface area contributed by atoms with Crippen LogP contribution in [0.1, 0.15) is 36.7 Å². The molecule has 88 valence electrons. The molecule has 0 fully saturated rings. The van der Waals surface area contributed by atoms with Crippen molar-refractivity contribution >= 4 is 17.5 Å². The summed E-state index contributed by atoms with van der Waals surface area (Å²) in [6.45, 7) is 2.87. The van der Waals surface area contributed by atoms with E-state index in [0.29, 0.717) is 5.69 Å². The summed E-state index contributed by atoms with van der Waals surface area (Å²) in [5.74, 6) is -0.133. The van der Waals surface area contributed by atoms with Gasteiger partial charge in [-0.3, -0.25) is 9.78 Å². The Morgan fingerprint density at radius 3 is 2.81 bits per heavy atom. The summed E-state index contributed by atoms with van der Waals surface area (Å²) in [6.07, 6.45) is 6.12. The summed E-state index contributed by atoms with van der Waals surface area (Å²) in [5.41, 5.74) is 0.298. The van der Waals surface area contributed by atoms with Crippen molar-refractivity contribution in [2.75, 3.05) is 13.6 Å². The Morgan fingerprint density at radius 2 is 2.19 bits per heavy atom. The van der Waals surface area contributed by atoms with E-state index in [1.54, 1.807) is 11.9 Å². The summed E-state index contributed by atoms with van der Waals surface area (Å²) >= 11 is 5.68. The lowest BCUT2D eigenvalue weighted by molar-refractivity contribution is 0.0786. The molecule has 0 aliphatic rings. The van der Waals surface area contributed by atoms with Crippen LogP contribution >= 0.6 is 11.6 Å². The van der Waals surface area contributed by atoms with Crippen LogP contribution in [-0.4, -0.2) is 34.4 Å². The van der Waals surface area contributed by atoms with Crippen molar-refractivity contribution in [1.82, 2.24) is 14.9 Å². The molecule has 0 aromatic carbocycles. The SMILES string of the molecule is CCCCCN(C)C(=O)c1cncc(Cl)n1. The Bertz CT molecular complexity index is 357. The smallest absolute Gasteiger partial charge is 0.273 e. The third-order valence-electron chi connectivity index (χ3n) is 2.27. The first-order chi connectivity index (χ1) is 7.65. The Kier molecular flexibility index (Phi) is 5.19. The average Bonchev–Trinajstić information content (AvgIpc) is 2.28. The third-order valence-corrected chi connectivity index (χ3v) is 2.45. The van der Waals surface area contributed by atoms with Gasteiger partial charge in [-0.15, -0.1) is 0 Å². The molecule has 0 N–H and O–H groups in total. The van der Waals surface area contributed by atoms with Gasteiger partial charge in [0.2, 0.25) is 0 Å². The van der Waals surface area contributed by atoms with E-state index in [-0.39, 0.29) is 11.1 Å². The van der Waals surface area contributed by atoms with Crippen LogP contribution in [-0.2, 0) is 0 Å². The van der Waals surface area contributed by atoms with Crippen LogP contribution in [0.4, 0.5) is 0 Å². The first kappa shape index (κ1) is 12.9. The maximum Gasteiger partial charge on any atom is 0.273 e. The topological polar surface area (TPSA) is 46.1 Å². The quantitative estimate of drug-likeness (QED) is 0.744. The van der Waals surface area contributed by atoms with Crippen LogP contribution in [0.2, 0.25) is 5.15 Å². The standard InChI is InChI=1S/C11H16ClN3O/c1-3-4-5-6-15(2)11(16)9-7-13-8-10(12)14-9/h7-8H,3-6H2,1-2H3. The van der Waals surface area contributed by atoms with Gasteiger partial charge in [-0.25, -0.2) is 4.98 Å². The normalized spacial score (nSPS) is 10.2. The molecule has 0 atom stereocenters. The summed E-state index contributed by atoms with van der Waals surface area (Å²) in [7, 11) is 1.76. The van der Waals surface area contributed by atoms with Crippen LogP contribution in [0.25, 0.3) is 0 Å². The van der Waals surface area contributed by atoms with E-state index in [1.165, 1.54) is 12.4 Å². The highest BCUT2D eigenvalue weighted by Crippen LogP contribution is 2.06. The lowest BCUT2D eigenvalue weighted by Gasteiger charge is -2.16. The van der Waals surface area contributed by atoms with Gasteiger partial charge in [0.25, 0.3) is 5.91 Å². The average molecular weight is 242 g/mol. The van der Waals surface area contributed by atoms with Crippen molar-refractivity contribution < 1.29 is 4.79 Å². The van der Waals surface area contributed by atoms with Crippen LogP contribution in [0, 0.1) is 0 Å². The molecule has 5 heteroatoms. The molecule has 0 aliphatic carbocycles. The highest BCUT2D eigenvalue weighted by atomic mass is 35.5. The van der Waals surface area contributed by atoms with Crippen molar-refractivity contribution in [2.24, 2.45) is 0 Å². The summed E-state index contributed by atoms with van der Waals surface area (Å²) in [5, 5.41) is 0.243. The lowest BCUT2D eigenvalue weighted by atomic mass is 10.2. The fourth-order valence-electron chi connectivity index (χ4n) is 1.34. The van der Waals surface area contributed by atoms with Gasteiger partial charge in [0, 0.05) is 13.6 Å². The summed E-state index contributed by atoms with van der Waals surface area (Å²) < 4.78 is 0. The fourth-order valence-corrected chi connectivity index (χ4v) is 1.49. The molecule has 1 amide bonds. The Hall–Kier alpha value is -1.16. The number of carbonyl (C=O) groups excluding carboxylic acids is 1. The van der Waals surface area contributed by atoms with Gasteiger partial charge in [-0.05, 0) is 6.42 Å². The molecular formula is C11H16ClN3O. The van der Waals surface area contributed by atoms with Gasteiger partial charge in [-0.2, -0.15) is 0 Å². The largest absolute Gasteiger partial charge is 0.340 e. The Morgan fingerprint density at radius 1 is 1.44 bits per heavy atom. The number of hydrogen-bond acceptors (Lipinski definition) is 3. The van der Waals surface area contributed by atoms with Crippen molar-refractivity contribution in [3.8, 4) is 0 Å². The molecule has 0 bridgehead atoms. The zero-order valence-electron chi connectivity index (χ0n) is 9.61. The molecule has 1 aromatic heterocycles. The van der Waals surface area contributed by atoms with E-state index in [0.717, 1.165) is 25.8 Å². The van der Waals surface area contributed by atoms with E-state index in [4.69, 9.17) is 11.6 Å². The molecule has 0 spiro atoms. The van der Waals surface area contributed by atoms with Gasteiger partial charge in [0.05, 0.1) is 12.4 Å². The van der Waals surface area contributed by atoms with Crippen molar-refractivity contribution in [1.29, 1.82) is 0 Å². The minimum atomic E-state index is -0.133. The minimum Gasteiger partial charge on any atom is -0.340 e. The predicted octanol–water partition coefficient (Wildman–Crippen LogP) is 2.39. The molecule has 1 aromatic rings. The number of hydrogen-bond donors (Lipinski definition) is 0. The fraction of sp³-hybridized carbons (Fsp3) is 0.545. The molecule has 1 rings (SSSR count). The van der Waals surface area contributed by atoms with E-state index < -0.39 is 0 Å². The minimum absolute atomic E-state index is 0.133. The number of carbonyl (C=O) groups is 1. The maximum atomic E-state index is 11.9. The zero-order chi connectivity index (χ0) is 12.0. The van der Waals surface area contributed by atoms with E-state index in [1.807, 2.05) is 0 Å². The van der Waals surface area contributed by atoms with Gasteiger partial charge in [-0.1, -0.05) is 31.4 Å². The molecule has 16 heavy (non-hydrogen) atoms.